The largest absolute Gasteiger partial charge is 0.308 e. The molecule has 0 saturated carbocycles. The molecule has 0 saturated heterocycles. The van der Waals surface area contributed by atoms with Gasteiger partial charge in [-0.3, -0.25) is 0 Å². The number of nitrogens with one attached hydrogen (secondary N) is 1. The zero-order valence-electron chi connectivity index (χ0n) is 5.89. The predicted molar refractivity (Wildman–Crippen MR) is 51.3 cm³/mol. The summed E-state index contributed by atoms with van der Waals surface area (Å²) in [4.78, 5) is 3.87. The van der Waals surface area contributed by atoms with Gasteiger partial charge in [-0.25, -0.2) is 10.8 Å². The van der Waals surface area contributed by atoms with Crippen LogP contribution in [-0.2, 0) is 3.79 Å². The van der Waals surface area contributed by atoms with E-state index in [1.54, 1.807) is 12.1 Å². The van der Waals surface area contributed by atoms with Crippen molar-refractivity contribution in [1.29, 1.82) is 0 Å². The van der Waals surface area contributed by atoms with Crippen LogP contribution in [0.2, 0.25) is 0 Å². The summed E-state index contributed by atoms with van der Waals surface area (Å²) < 4.78 is -1.43. The Kier molecular flexibility index (Phi) is 3.01. The van der Waals surface area contributed by atoms with Crippen molar-refractivity contribution in [2.45, 2.75) is 3.79 Å². The Balaban J connectivity index is 2.93. The molecule has 0 fully saturated rings. The molecule has 0 aliphatic rings. The second-order valence-corrected chi connectivity index (χ2v) is 4.36. The van der Waals surface area contributed by atoms with Crippen LogP contribution in [0.15, 0.2) is 18.3 Å². The van der Waals surface area contributed by atoms with Crippen LogP contribution in [0.3, 0.4) is 0 Å². The van der Waals surface area contributed by atoms with Crippen molar-refractivity contribution in [2.75, 3.05) is 5.43 Å². The second-order valence-electron chi connectivity index (χ2n) is 2.07. The first-order valence-electron chi connectivity index (χ1n) is 3.04. The number of pyridine rings is 1. The van der Waals surface area contributed by atoms with E-state index < -0.39 is 3.79 Å². The highest BCUT2D eigenvalue weighted by molar-refractivity contribution is 6.66. The molecule has 12 heavy (non-hydrogen) atoms. The van der Waals surface area contributed by atoms with Crippen LogP contribution in [-0.4, -0.2) is 4.98 Å². The molecule has 0 aliphatic carbocycles. The molecule has 1 rings (SSSR count). The van der Waals surface area contributed by atoms with Crippen LogP contribution in [0.5, 0.6) is 0 Å². The number of aromatic nitrogens is 1. The summed E-state index contributed by atoms with van der Waals surface area (Å²) in [6, 6.07) is 3.26. The number of alkyl halides is 3. The maximum absolute atomic E-state index is 5.59. The van der Waals surface area contributed by atoms with Crippen molar-refractivity contribution >= 4 is 40.6 Å². The lowest BCUT2D eigenvalue weighted by Gasteiger charge is -2.10. The third-order valence-corrected chi connectivity index (χ3v) is 1.89. The van der Waals surface area contributed by atoms with Crippen molar-refractivity contribution in [1.82, 2.24) is 4.98 Å². The van der Waals surface area contributed by atoms with Crippen LogP contribution in [0.1, 0.15) is 5.56 Å². The minimum absolute atomic E-state index is 0.506. The van der Waals surface area contributed by atoms with Crippen molar-refractivity contribution < 1.29 is 0 Å². The van der Waals surface area contributed by atoms with Gasteiger partial charge < -0.3 is 5.43 Å². The van der Waals surface area contributed by atoms with Crippen molar-refractivity contribution in [3.05, 3.63) is 23.9 Å². The van der Waals surface area contributed by atoms with Gasteiger partial charge in [0.15, 0.2) is 0 Å². The first kappa shape index (κ1) is 9.86. The number of hydrogen-bond acceptors (Lipinski definition) is 3. The Hall–Kier alpha value is -0.220. The molecule has 66 valence electrons. The SMILES string of the molecule is NNc1ccc(C(Cl)(Cl)Cl)cn1. The summed E-state index contributed by atoms with van der Waals surface area (Å²) in [5.41, 5.74) is 2.87. The average molecular weight is 226 g/mol. The number of rotatable bonds is 1. The first-order valence-corrected chi connectivity index (χ1v) is 4.17. The molecule has 3 N–H and O–H groups in total. The van der Waals surface area contributed by atoms with E-state index in [4.69, 9.17) is 40.6 Å². The molecule has 6 heteroatoms. The highest BCUT2D eigenvalue weighted by atomic mass is 35.6. The average Bonchev–Trinajstić information content (AvgIpc) is 2.03. The topological polar surface area (TPSA) is 50.9 Å². The highest BCUT2D eigenvalue weighted by Crippen LogP contribution is 2.37. The molecular weight excluding hydrogens is 220 g/mol. The van der Waals surface area contributed by atoms with E-state index in [0.717, 1.165) is 0 Å². The fourth-order valence-corrected chi connectivity index (χ4v) is 0.982. The van der Waals surface area contributed by atoms with Gasteiger partial charge in [-0.2, -0.15) is 0 Å². The van der Waals surface area contributed by atoms with E-state index in [-0.39, 0.29) is 0 Å². The van der Waals surface area contributed by atoms with Gasteiger partial charge in [0.05, 0.1) is 0 Å². The van der Waals surface area contributed by atoms with Gasteiger partial charge in [0.2, 0.25) is 3.79 Å². The number of nitrogens with zero attached hydrogens (tertiary/aromatic N) is 1. The lowest BCUT2D eigenvalue weighted by Crippen LogP contribution is -2.09. The van der Waals surface area contributed by atoms with Gasteiger partial charge in [-0.15, -0.1) is 0 Å². The monoisotopic (exact) mass is 225 g/mol. The molecule has 0 amide bonds. The Morgan fingerprint density at radius 3 is 2.33 bits per heavy atom. The maximum atomic E-state index is 5.59. The quantitative estimate of drug-likeness (QED) is 0.438. The standard InChI is InChI=1S/C6H6Cl3N3/c7-6(8,9)4-1-2-5(12-10)11-3-4/h1-3H,10H2,(H,11,12). The van der Waals surface area contributed by atoms with Crippen LogP contribution in [0, 0.1) is 0 Å². The van der Waals surface area contributed by atoms with Crippen molar-refractivity contribution in [3.8, 4) is 0 Å². The Morgan fingerprint density at radius 2 is 2.00 bits per heavy atom. The van der Waals surface area contributed by atoms with Gasteiger partial charge in [0.25, 0.3) is 0 Å². The fraction of sp³-hybridized carbons (Fsp3) is 0.167. The van der Waals surface area contributed by atoms with E-state index in [9.17, 15) is 0 Å². The summed E-state index contributed by atoms with van der Waals surface area (Å²) >= 11 is 16.8. The van der Waals surface area contributed by atoms with Gasteiger partial charge in [-0.05, 0) is 12.1 Å². The molecule has 0 radical (unpaired) electrons. The van der Waals surface area contributed by atoms with E-state index in [0.29, 0.717) is 11.4 Å². The van der Waals surface area contributed by atoms with Gasteiger partial charge in [-0.1, -0.05) is 34.8 Å². The third kappa shape index (κ3) is 2.38. The summed E-state index contributed by atoms with van der Waals surface area (Å²) in [5, 5.41) is 0. The van der Waals surface area contributed by atoms with Crippen LogP contribution >= 0.6 is 34.8 Å². The zero-order valence-corrected chi connectivity index (χ0v) is 8.16. The molecule has 1 heterocycles. The maximum Gasteiger partial charge on any atom is 0.217 e. The van der Waals surface area contributed by atoms with Gasteiger partial charge >= 0.3 is 0 Å². The number of hydrazine groups is 1. The fourth-order valence-electron chi connectivity index (χ4n) is 0.647. The van der Waals surface area contributed by atoms with E-state index in [1.165, 1.54) is 6.20 Å². The molecule has 0 aromatic carbocycles. The number of nitrogen functional groups attached to an aromatic ring is 1. The van der Waals surface area contributed by atoms with E-state index in [1.807, 2.05) is 0 Å². The van der Waals surface area contributed by atoms with Crippen LogP contribution in [0.4, 0.5) is 5.82 Å². The molecule has 0 unspecified atom stereocenters. The minimum Gasteiger partial charge on any atom is -0.308 e. The Labute approximate surface area is 84.8 Å². The highest BCUT2D eigenvalue weighted by Gasteiger charge is 2.22. The molecule has 0 atom stereocenters. The molecular formula is C6H6Cl3N3. The first-order chi connectivity index (χ1) is 5.54. The number of halogens is 3. The smallest absolute Gasteiger partial charge is 0.217 e. The van der Waals surface area contributed by atoms with Crippen LogP contribution < -0.4 is 11.3 Å². The van der Waals surface area contributed by atoms with Gasteiger partial charge in [0.1, 0.15) is 5.82 Å². The molecule has 1 aromatic heterocycles. The number of nitrogens with two attached hydrogens (primary N) is 1. The zero-order chi connectivity index (χ0) is 9.19. The summed E-state index contributed by atoms with van der Waals surface area (Å²) in [6.45, 7) is 0. The van der Waals surface area contributed by atoms with E-state index in [2.05, 4.69) is 10.4 Å². The second kappa shape index (κ2) is 3.66. The van der Waals surface area contributed by atoms with E-state index >= 15 is 0 Å². The molecule has 1 aromatic rings. The van der Waals surface area contributed by atoms with Gasteiger partial charge in [0, 0.05) is 11.8 Å². The predicted octanol–water partition coefficient (Wildman–Crippen LogP) is 2.19. The lowest BCUT2D eigenvalue weighted by molar-refractivity contribution is 1.15. The van der Waals surface area contributed by atoms with Crippen molar-refractivity contribution in [3.63, 3.8) is 0 Å². The number of anilines is 1. The normalized spacial score (nSPS) is 11.3. The van der Waals surface area contributed by atoms with Crippen LogP contribution in [0.25, 0.3) is 0 Å². The Bertz CT molecular complexity index is 254. The lowest BCUT2D eigenvalue weighted by atomic mass is 10.3. The summed E-state index contributed by atoms with van der Waals surface area (Å²) in [7, 11) is 0. The molecule has 3 nitrogen and oxygen atoms in total. The molecule has 0 spiro atoms. The summed E-state index contributed by atoms with van der Waals surface area (Å²) in [5.74, 6) is 5.62. The molecule has 0 aliphatic heterocycles. The minimum atomic E-state index is -1.43. The molecule has 0 bridgehead atoms. The van der Waals surface area contributed by atoms with Crippen molar-refractivity contribution in [2.24, 2.45) is 5.84 Å². The Morgan fingerprint density at radius 1 is 1.33 bits per heavy atom. The third-order valence-electron chi connectivity index (χ3n) is 1.24. The number of hydrogen-bond donors (Lipinski definition) is 2. The summed E-state index contributed by atoms with van der Waals surface area (Å²) in [6.07, 6.45) is 1.45.